The van der Waals surface area contributed by atoms with Gasteiger partial charge in [0.05, 0.1) is 6.61 Å². The lowest BCUT2D eigenvalue weighted by molar-refractivity contribution is -0.143. The number of rotatable bonds is 5. The van der Waals surface area contributed by atoms with Crippen molar-refractivity contribution in [3.05, 3.63) is 30.1 Å². The zero-order valence-electron chi connectivity index (χ0n) is 8.92. The highest BCUT2D eigenvalue weighted by atomic mass is 16.5. The van der Waals surface area contributed by atoms with Gasteiger partial charge in [0.25, 0.3) is 0 Å². The highest BCUT2D eigenvalue weighted by Gasteiger charge is 2.05. The van der Waals surface area contributed by atoms with Gasteiger partial charge in [0.2, 0.25) is 0 Å². The Morgan fingerprint density at radius 3 is 2.94 bits per heavy atom. The average molecular weight is 223 g/mol. The predicted molar refractivity (Wildman–Crippen MR) is 57.7 cm³/mol. The molecule has 0 atom stereocenters. The monoisotopic (exact) mass is 223 g/mol. The summed E-state index contributed by atoms with van der Waals surface area (Å²) >= 11 is 0. The number of nitrogens with zero attached hydrogens (tertiary/aromatic N) is 1. The van der Waals surface area contributed by atoms with Crippen molar-refractivity contribution in [3.8, 4) is 0 Å². The minimum Gasteiger partial charge on any atom is -0.478 e. The maximum Gasteiger partial charge on any atom is 0.328 e. The van der Waals surface area contributed by atoms with Crippen molar-refractivity contribution in [2.24, 2.45) is 0 Å². The first kappa shape index (κ1) is 12.0. The van der Waals surface area contributed by atoms with Gasteiger partial charge in [0.1, 0.15) is 6.54 Å². The molecule has 86 valence electrons. The van der Waals surface area contributed by atoms with Crippen molar-refractivity contribution in [2.45, 2.75) is 13.5 Å². The molecule has 5 heteroatoms. The van der Waals surface area contributed by atoms with Gasteiger partial charge >= 0.3 is 11.9 Å². The summed E-state index contributed by atoms with van der Waals surface area (Å²) in [7, 11) is 0. The zero-order chi connectivity index (χ0) is 12.0. The van der Waals surface area contributed by atoms with Gasteiger partial charge in [-0.3, -0.25) is 4.79 Å². The van der Waals surface area contributed by atoms with E-state index in [9.17, 15) is 9.59 Å². The number of ether oxygens (including phenoxy) is 1. The molecule has 0 radical (unpaired) electrons. The first-order chi connectivity index (χ1) is 7.63. The summed E-state index contributed by atoms with van der Waals surface area (Å²) < 4.78 is 6.42. The van der Waals surface area contributed by atoms with Gasteiger partial charge in [-0.05, 0) is 25.1 Å². The molecule has 0 spiro atoms. The molecule has 16 heavy (non-hydrogen) atoms. The van der Waals surface area contributed by atoms with Crippen LogP contribution in [0.4, 0.5) is 0 Å². The molecule has 1 aromatic heterocycles. The molecule has 0 saturated heterocycles. The van der Waals surface area contributed by atoms with Crippen LogP contribution in [0, 0.1) is 0 Å². The maximum atomic E-state index is 11.2. The Kier molecular flexibility index (Phi) is 4.32. The smallest absolute Gasteiger partial charge is 0.328 e. The van der Waals surface area contributed by atoms with Crippen molar-refractivity contribution in [1.82, 2.24) is 4.57 Å². The number of hydrogen-bond donors (Lipinski definition) is 1. The Hall–Kier alpha value is -2.04. The number of aromatic nitrogens is 1. The van der Waals surface area contributed by atoms with Crippen LogP contribution >= 0.6 is 0 Å². The first-order valence-corrected chi connectivity index (χ1v) is 4.85. The highest BCUT2D eigenvalue weighted by Crippen LogP contribution is 2.05. The van der Waals surface area contributed by atoms with Crippen molar-refractivity contribution in [3.63, 3.8) is 0 Å². The van der Waals surface area contributed by atoms with Crippen LogP contribution in [-0.4, -0.2) is 28.2 Å². The summed E-state index contributed by atoms with van der Waals surface area (Å²) in [6.07, 6.45) is 4.15. The second-order valence-electron chi connectivity index (χ2n) is 3.04. The van der Waals surface area contributed by atoms with E-state index in [4.69, 9.17) is 9.84 Å². The second kappa shape index (κ2) is 5.75. The van der Waals surface area contributed by atoms with E-state index in [1.54, 1.807) is 29.8 Å². The number of carbonyl (C=O) groups is 2. The third-order valence-corrected chi connectivity index (χ3v) is 1.87. The van der Waals surface area contributed by atoms with Crippen LogP contribution in [0.2, 0.25) is 0 Å². The van der Waals surface area contributed by atoms with E-state index in [1.807, 2.05) is 0 Å². The lowest BCUT2D eigenvalue weighted by Crippen LogP contribution is -2.13. The van der Waals surface area contributed by atoms with Crippen LogP contribution in [-0.2, 0) is 20.9 Å². The molecule has 0 aliphatic carbocycles. The maximum absolute atomic E-state index is 11.2. The summed E-state index contributed by atoms with van der Waals surface area (Å²) in [4.78, 5) is 21.6. The molecule has 0 saturated carbocycles. The van der Waals surface area contributed by atoms with Crippen molar-refractivity contribution < 1.29 is 19.4 Å². The first-order valence-electron chi connectivity index (χ1n) is 4.85. The average Bonchev–Trinajstić information content (AvgIpc) is 2.62. The van der Waals surface area contributed by atoms with Crippen LogP contribution in [0.15, 0.2) is 24.4 Å². The molecule has 1 N–H and O–H groups in total. The lowest BCUT2D eigenvalue weighted by Gasteiger charge is -2.05. The quantitative estimate of drug-likeness (QED) is 0.600. The van der Waals surface area contributed by atoms with Gasteiger partial charge in [-0.25, -0.2) is 4.79 Å². The lowest BCUT2D eigenvalue weighted by atomic mass is 10.3. The van der Waals surface area contributed by atoms with E-state index < -0.39 is 5.97 Å². The summed E-state index contributed by atoms with van der Waals surface area (Å²) in [5.74, 6) is -1.37. The zero-order valence-corrected chi connectivity index (χ0v) is 8.92. The molecular formula is C11H13NO4. The number of carboxylic acid groups (broad SMARTS) is 1. The Balaban J connectivity index is 2.70. The topological polar surface area (TPSA) is 68.5 Å². The largest absolute Gasteiger partial charge is 0.478 e. The van der Waals surface area contributed by atoms with Gasteiger partial charge < -0.3 is 14.4 Å². The Labute approximate surface area is 92.9 Å². The molecular weight excluding hydrogens is 210 g/mol. The van der Waals surface area contributed by atoms with E-state index in [0.29, 0.717) is 12.3 Å². The van der Waals surface area contributed by atoms with Gasteiger partial charge in [-0.15, -0.1) is 0 Å². The third-order valence-electron chi connectivity index (χ3n) is 1.87. The summed E-state index contributed by atoms with van der Waals surface area (Å²) in [5, 5.41) is 8.48. The molecule has 0 amide bonds. The second-order valence-corrected chi connectivity index (χ2v) is 3.04. The molecule has 0 aliphatic rings. The van der Waals surface area contributed by atoms with Crippen LogP contribution in [0.3, 0.4) is 0 Å². The Morgan fingerprint density at radius 2 is 2.31 bits per heavy atom. The minimum atomic E-state index is -1.02. The Bertz CT molecular complexity index is 406. The van der Waals surface area contributed by atoms with Crippen molar-refractivity contribution >= 4 is 18.0 Å². The van der Waals surface area contributed by atoms with Gasteiger partial charge in [0, 0.05) is 18.0 Å². The molecule has 0 fully saturated rings. The normalized spacial score (nSPS) is 10.6. The van der Waals surface area contributed by atoms with Crippen LogP contribution in [0.25, 0.3) is 6.08 Å². The molecule has 0 aromatic carbocycles. The summed E-state index contributed by atoms with van der Waals surface area (Å²) in [6, 6.07) is 3.46. The minimum absolute atomic E-state index is 0.0835. The van der Waals surface area contributed by atoms with E-state index >= 15 is 0 Å². The predicted octanol–water partition coefficient (Wildman–Crippen LogP) is 1.15. The van der Waals surface area contributed by atoms with Gasteiger partial charge in [0.15, 0.2) is 0 Å². The molecule has 1 aromatic rings. The molecule has 5 nitrogen and oxygen atoms in total. The molecule has 0 bridgehead atoms. The number of aliphatic carboxylic acids is 1. The van der Waals surface area contributed by atoms with E-state index in [0.717, 1.165) is 6.08 Å². The standard InChI is InChI=1S/C11H13NO4/c1-2-16-11(15)8-12-7-3-4-9(12)5-6-10(13)14/h3-7H,2,8H2,1H3,(H,13,14)/b6-5+. The van der Waals surface area contributed by atoms with Gasteiger partial charge in [-0.1, -0.05) is 0 Å². The fourth-order valence-corrected chi connectivity index (χ4v) is 1.22. The van der Waals surface area contributed by atoms with E-state index in [1.165, 1.54) is 6.08 Å². The molecule has 1 heterocycles. The molecule has 0 unspecified atom stereocenters. The van der Waals surface area contributed by atoms with Crippen LogP contribution in [0.1, 0.15) is 12.6 Å². The number of carbonyl (C=O) groups excluding carboxylic acids is 1. The molecule has 0 aliphatic heterocycles. The van der Waals surface area contributed by atoms with E-state index in [-0.39, 0.29) is 12.5 Å². The Morgan fingerprint density at radius 1 is 1.56 bits per heavy atom. The highest BCUT2D eigenvalue weighted by molar-refractivity contribution is 5.85. The van der Waals surface area contributed by atoms with Crippen LogP contribution < -0.4 is 0 Å². The fourth-order valence-electron chi connectivity index (χ4n) is 1.22. The summed E-state index contributed by atoms with van der Waals surface area (Å²) in [6.45, 7) is 2.15. The summed E-state index contributed by atoms with van der Waals surface area (Å²) in [5.41, 5.74) is 0.649. The van der Waals surface area contributed by atoms with Crippen molar-refractivity contribution in [2.75, 3.05) is 6.61 Å². The third kappa shape index (κ3) is 3.61. The number of esters is 1. The van der Waals surface area contributed by atoms with Crippen LogP contribution in [0.5, 0.6) is 0 Å². The number of carboxylic acids is 1. The molecule has 1 rings (SSSR count). The van der Waals surface area contributed by atoms with E-state index in [2.05, 4.69) is 0 Å². The number of hydrogen-bond acceptors (Lipinski definition) is 3. The fraction of sp³-hybridized carbons (Fsp3) is 0.273. The SMILES string of the molecule is CCOC(=O)Cn1cccc1/C=C/C(=O)O. The van der Waals surface area contributed by atoms with Crippen molar-refractivity contribution in [1.29, 1.82) is 0 Å². The van der Waals surface area contributed by atoms with Gasteiger partial charge in [-0.2, -0.15) is 0 Å².